The number of methoxy groups -OCH3 is 1. The smallest absolute Gasteiger partial charge is 0.254 e. The number of nitrogens with zero attached hydrogens (tertiary/aromatic N) is 2. The van der Waals surface area contributed by atoms with E-state index in [0.29, 0.717) is 67.1 Å². The molecular formula is C30H40N4O6S. The van der Waals surface area contributed by atoms with Gasteiger partial charge in [0.2, 0.25) is 5.78 Å². The molecule has 222 valence electrons. The number of rotatable bonds is 16. The minimum Gasteiger partial charge on any atom is -0.493 e. The van der Waals surface area contributed by atoms with E-state index < -0.39 is 6.04 Å². The van der Waals surface area contributed by atoms with Gasteiger partial charge in [-0.3, -0.25) is 9.59 Å². The largest absolute Gasteiger partial charge is 0.493 e. The second kappa shape index (κ2) is 14.8. The number of nitrogen functional groups attached to an aromatic ring is 1. The summed E-state index contributed by atoms with van der Waals surface area (Å²) < 4.78 is 22.6. The SMILES string of the molecule is COc1cc(C(=O)N(C(C)C)C(C)C)ccc1OCCCCOc1ccc2c(C(=O)C(N)CCC=S)noc2c1N. The van der Waals surface area contributed by atoms with Gasteiger partial charge in [-0.25, -0.2) is 0 Å². The fraction of sp³-hybridized carbons (Fsp3) is 0.467. The molecule has 0 aliphatic rings. The third-order valence-electron chi connectivity index (χ3n) is 6.62. The van der Waals surface area contributed by atoms with Crippen molar-refractivity contribution in [3.63, 3.8) is 0 Å². The van der Waals surface area contributed by atoms with Crippen molar-refractivity contribution < 1.29 is 28.3 Å². The van der Waals surface area contributed by atoms with Crippen LogP contribution in [0.4, 0.5) is 5.69 Å². The lowest BCUT2D eigenvalue weighted by molar-refractivity contribution is 0.0643. The Hall–Kier alpha value is -3.70. The number of anilines is 1. The van der Waals surface area contributed by atoms with E-state index in [-0.39, 0.29) is 40.7 Å². The number of benzene rings is 2. The maximum atomic E-state index is 13.0. The molecule has 1 amide bonds. The zero-order valence-corrected chi connectivity index (χ0v) is 25.2. The molecule has 4 N–H and O–H groups in total. The topological polar surface area (TPSA) is 143 Å². The zero-order valence-electron chi connectivity index (χ0n) is 24.3. The molecular weight excluding hydrogens is 544 g/mol. The molecule has 3 aromatic rings. The second-order valence-electron chi connectivity index (χ2n) is 10.3. The van der Waals surface area contributed by atoms with E-state index in [1.54, 1.807) is 42.8 Å². The van der Waals surface area contributed by atoms with E-state index in [1.165, 1.54) is 0 Å². The second-order valence-corrected chi connectivity index (χ2v) is 10.6. The number of nitrogens with two attached hydrogens (primary N) is 2. The lowest BCUT2D eigenvalue weighted by Gasteiger charge is -2.31. The fourth-order valence-electron chi connectivity index (χ4n) is 4.57. The highest BCUT2D eigenvalue weighted by molar-refractivity contribution is 7.78. The van der Waals surface area contributed by atoms with Gasteiger partial charge in [0, 0.05) is 17.6 Å². The first kappa shape index (κ1) is 31.8. The van der Waals surface area contributed by atoms with Gasteiger partial charge in [0.05, 0.1) is 31.8 Å². The number of ether oxygens (including phenoxy) is 3. The van der Waals surface area contributed by atoms with Crippen LogP contribution in [0.3, 0.4) is 0 Å². The molecule has 0 bridgehead atoms. The van der Waals surface area contributed by atoms with Crippen LogP contribution in [0.5, 0.6) is 17.2 Å². The number of carbonyl (C=O) groups excluding carboxylic acids is 2. The van der Waals surface area contributed by atoms with Crippen molar-refractivity contribution in [2.45, 2.75) is 71.5 Å². The third kappa shape index (κ3) is 7.74. The summed E-state index contributed by atoms with van der Waals surface area (Å²) in [6.45, 7) is 8.82. The molecule has 11 heteroatoms. The van der Waals surface area contributed by atoms with Crippen molar-refractivity contribution in [2.75, 3.05) is 26.1 Å². The maximum Gasteiger partial charge on any atom is 0.254 e. The van der Waals surface area contributed by atoms with Gasteiger partial charge in [-0.05, 0) is 89.1 Å². The van der Waals surface area contributed by atoms with Crippen molar-refractivity contribution in [2.24, 2.45) is 5.73 Å². The van der Waals surface area contributed by atoms with Crippen LogP contribution < -0.4 is 25.7 Å². The Labute approximate surface area is 246 Å². The van der Waals surface area contributed by atoms with Crippen LogP contribution in [0, 0.1) is 0 Å². The van der Waals surface area contributed by atoms with Crippen LogP contribution in [0.25, 0.3) is 11.0 Å². The Morgan fingerprint density at radius 3 is 2.27 bits per heavy atom. The number of ketones is 1. The quantitative estimate of drug-likeness (QED) is 0.0997. The van der Waals surface area contributed by atoms with E-state index in [1.807, 2.05) is 32.6 Å². The van der Waals surface area contributed by atoms with E-state index in [9.17, 15) is 9.59 Å². The Morgan fingerprint density at radius 1 is 1.02 bits per heavy atom. The van der Waals surface area contributed by atoms with Gasteiger partial charge < -0.3 is 35.1 Å². The summed E-state index contributed by atoms with van der Waals surface area (Å²) in [5, 5.41) is 5.95. The maximum absolute atomic E-state index is 13.0. The van der Waals surface area contributed by atoms with Crippen molar-refractivity contribution in [1.82, 2.24) is 10.1 Å². The Morgan fingerprint density at radius 2 is 1.66 bits per heavy atom. The lowest BCUT2D eigenvalue weighted by Crippen LogP contribution is -2.42. The molecule has 0 spiro atoms. The lowest BCUT2D eigenvalue weighted by atomic mass is 10.0. The molecule has 10 nitrogen and oxygen atoms in total. The number of Topliss-reactive ketones (excluding diaryl/α,β-unsaturated/α-hetero) is 1. The van der Waals surface area contributed by atoms with Gasteiger partial charge in [0.15, 0.2) is 22.8 Å². The summed E-state index contributed by atoms with van der Waals surface area (Å²) in [5.41, 5.74) is 13.5. The number of hydrogen-bond acceptors (Lipinski definition) is 10. The Balaban J connectivity index is 1.53. The monoisotopic (exact) mass is 584 g/mol. The minimum absolute atomic E-state index is 0.0479. The van der Waals surface area contributed by atoms with E-state index in [4.69, 9.17) is 42.4 Å². The highest BCUT2D eigenvalue weighted by Gasteiger charge is 2.24. The Bertz CT molecular complexity index is 1350. The molecule has 1 atom stereocenters. The molecule has 1 unspecified atom stereocenters. The predicted octanol–water partition coefficient (Wildman–Crippen LogP) is 5.21. The molecule has 0 radical (unpaired) electrons. The number of fused-ring (bicyclic) bond motifs is 1. The zero-order chi connectivity index (χ0) is 30.1. The number of amides is 1. The molecule has 0 aliphatic heterocycles. The van der Waals surface area contributed by atoms with Crippen LogP contribution in [-0.2, 0) is 0 Å². The van der Waals surface area contributed by atoms with Gasteiger partial charge in [0.1, 0.15) is 11.4 Å². The summed E-state index contributed by atoms with van der Waals surface area (Å²) in [6, 6.07) is 8.07. The first-order chi connectivity index (χ1) is 19.6. The third-order valence-corrected chi connectivity index (χ3v) is 6.85. The van der Waals surface area contributed by atoms with E-state index >= 15 is 0 Å². The summed E-state index contributed by atoms with van der Waals surface area (Å²) >= 11 is 4.81. The number of unbranched alkanes of at least 4 members (excludes halogenated alkanes) is 1. The van der Waals surface area contributed by atoms with Crippen molar-refractivity contribution in [3.8, 4) is 17.2 Å². The number of thiocarbonyl (C=S) groups is 1. The number of carbonyl (C=O) groups is 2. The molecule has 0 aliphatic carbocycles. The van der Waals surface area contributed by atoms with E-state index in [0.717, 1.165) is 0 Å². The van der Waals surface area contributed by atoms with Gasteiger partial charge in [-0.2, -0.15) is 0 Å². The van der Waals surface area contributed by atoms with E-state index in [2.05, 4.69) is 5.16 Å². The highest BCUT2D eigenvalue weighted by Crippen LogP contribution is 2.33. The van der Waals surface area contributed by atoms with Gasteiger partial charge >= 0.3 is 0 Å². The molecule has 2 aromatic carbocycles. The van der Waals surface area contributed by atoms with Crippen LogP contribution in [0.1, 0.15) is 74.2 Å². The van der Waals surface area contributed by atoms with Crippen molar-refractivity contribution in [3.05, 3.63) is 41.6 Å². The molecule has 1 heterocycles. The van der Waals surface area contributed by atoms with Crippen molar-refractivity contribution >= 4 is 45.9 Å². The first-order valence-electron chi connectivity index (χ1n) is 13.8. The fourth-order valence-corrected chi connectivity index (χ4v) is 4.70. The molecule has 3 rings (SSSR count). The first-order valence-corrected chi connectivity index (χ1v) is 14.2. The molecule has 0 saturated heterocycles. The summed E-state index contributed by atoms with van der Waals surface area (Å²) in [6.07, 6.45) is 2.40. The standard InChI is InChI=1S/C30H40N4O6S/c1-18(2)34(19(3)4)30(36)20-10-12-23(25(17-20)37-5)38-14-6-7-15-39-24-13-11-21-27(33-40-29(21)26(24)32)28(35)22(31)9-8-16-41/h10-13,16-19,22H,6-9,14-15,31-32H2,1-5H3. The van der Waals surface area contributed by atoms with Gasteiger partial charge in [-0.1, -0.05) is 17.4 Å². The van der Waals surface area contributed by atoms with Crippen molar-refractivity contribution in [1.29, 1.82) is 0 Å². The van der Waals surface area contributed by atoms with Crippen LogP contribution in [0.15, 0.2) is 34.9 Å². The molecule has 0 fully saturated rings. The van der Waals surface area contributed by atoms with Crippen LogP contribution >= 0.6 is 12.2 Å². The average molecular weight is 585 g/mol. The number of hydrogen-bond donors (Lipinski definition) is 2. The molecule has 1 aromatic heterocycles. The van der Waals surface area contributed by atoms with Crippen LogP contribution in [-0.4, -0.2) is 65.6 Å². The summed E-state index contributed by atoms with van der Waals surface area (Å²) in [4.78, 5) is 27.5. The number of aromatic nitrogens is 1. The normalized spacial score (nSPS) is 12.0. The van der Waals surface area contributed by atoms with Gasteiger partial charge in [-0.15, -0.1) is 0 Å². The minimum atomic E-state index is -0.720. The Kier molecular flexibility index (Phi) is 11.5. The van der Waals surface area contributed by atoms with Crippen LogP contribution in [0.2, 0.25) is 0 Å². The predicted molar refractivity (Wildman–Crippen MR) is 163 cm³/mol. The average Bonchev–Trinajstić information content (AvgIpc) is 3.38. The molecule has 41 heavy (non-hydrogen) atoms. The molecule has 0 saturated carbocycles. The highest BCUT2D eigenvalue weighted by atomic mass is 32.1. The van der Waals surface area contributed by atoms with Gasteiger partial charge in [0.25, 0.3) is 5.91 Å². The summed E-state index contributed by atoms with van der Waals surface area (Å²) in [7, 11) is 1.55. The summed E-state index contributed by atoms with van der Waals surface area (Å²) in [5.74, 6) is 1.15.